The van der Waals surface area contributed by atoms with Crippen molar-refractivity contribution in [2.75, 3.05) is 5.33 Å². The molecular weight excluding hydrogens is 340 g/mol. The first-order valence-corrected chi connectivity index (χ1v) is 8.44. The number of halogens is 2. The second kappa shape index (κ2) is 4.70. The minimum Gasteiger partial charge on any atom is -0.0922 e. The molecule has 1 aromatic rings. The average molecular weight is 358 g/mol. The Hall–Kier alpha value is 0.180. The molecule has 0 nitrogen and oxygen atoms in total. The lowest BCUT2D eigenvalue weighted by molar-refractivity contribution is 0.196. The van der Waals surface area contributed by atoms with Crippen molar-refractivity contribution in [3.63, 3.8) is 0 Å². The molecule has 0 spiro atoms. The molecule has 17 heavy (non-hydrogen) atoms. The van der Waals surface area contributed by atoms with Gasteiger partial charge in [-0.15, -0.1) is 0 Å². The van der Waals surface area contributed by atoms with Crippen molar-refractivity contribution in [2.24, 2.45) is 17.3 Å². The predicted molar refractivity (Wildman–Crippen MR) is 79.5 cm³/mol. The molecule has 0 heterocycles. The Morgan fingerprint density at radius 1 is 1.24 bits per heavy atom. The van der Waals surface area contributed by atoms with E-state index in [1.54, 1.807) is 0 Å². The summed E-state index contributed by atoms with van der Waals surface area (Å²) < 4.78 is 1.28. The van der Waals surface area contributed by atoms with E-state index in [2.05, 4.69) is 56.1 Å². The van der Waals surface area contributed by atoms with Gasteiger partial charge in [0.25, 0.3) is 0 Å². The van der Waals surface area contributed by atoms with Crippen LogP contribution in [0.25, 0.3) is 0 Å². The van der Waals surface area contributed by atoms with Crippen LogP contribution in [0.2, 0.25) is 0 Å². The lowest BCUT2D eigenvalue weighted by Gasteiger charge is -2.36. The number of benzene rings is 1. The number of hydrogen-bond acceptors (Lipinski definition) is 0. The number of fused-ring (bicyclic) bond motifs is 2. The molecule has 2 aliphatic rings. The topological polar surface area (TPSA) is 0 Å². The SMILES string of the molecule is BrCC1(Cc2ccccc2Br)CC2CCC1C2. The summed E-state index contributed by atoms with van der Waals surface area (Å²) in [5, 5.41) is 1.17. The third-order valence-electron chi connectivity index (χ3n) is 4.87. The van der Waals surface area contributed by atoms with E-state index in [1.807, 2.05) is 0 Å². The third kappa shape index (κ3) is 2.12. The molecule has 92 valence electrons. The number of hydrogen-bond donors (Lipinski definition) is 0. The third-order valence-corrected chi connectivity index (χ3v) is 6.76. The summed E-state index contributed by atoms with van der Waals surface area (Å²) in [6.45, 7) is 0. The maximum Gasteiger partial charge on any atom is 0.0207 e. The normalized spacial score (nSPS) is 35.4. The minimum absolute atomic E-state index is 0.535. The van der Waals surface area contributed by atoms with Crippen LogP contribution in [0.3, 0.4) is 0 Å². The summed E-state index contributed by atoms with van der Waals surface area (Å²) in [5.41, 5.74) is 2.02. The molecule has 2 fully saturated rings. The van der Waals surface area contributed by atoms with Crippen molar-refractivity contribution in [2.45, 2.75) is 32.1 Å². The fourth-order valence-corrected chi connectivity index (χ4v) is 5.32. The molecular formula is C15H18Br2. The summed E-state index contributed by atoms with van der Waals surface area (Å²) in [6.07, 6.45) is 7.09. The molecule has 0 saturated heterocycles. The zero-order valence-electron chi connectivity index (χ0n) is 9.96. The standard InChI is InChI=1S/C15H18Br2/c16-10-15(8-11-5-6-13(15)7-11)9-12-3-1-2-4-14(12)17/h1-4,11,13H,5-10H2. The van der Waals surface area contributed by atoms with E-state index in [0.717, 1.165) is 11.8 Å². The molecule has 2 saturated carbocycles. The molecule has 3 rings (SSSR count). The van der Waals surface area contributed by atoms with E-state index in [4.69, 9.17) is 0 Å². The van der Waals surface area contributed by atoms with Crippen LogP contribution in [0.5, 0.6) is 0 Å². The van der Waals surface area contributed by atoms with Crippen LogP contribution >= 0.6 is 31.9 Å². The van der Waals surface area contributed by atoms with Gasteiger partial charge in [0.2, 0.25) is 0 Å². The van der Waals surface area contributed by atoms with Gasteiger partial charge >= 0.3 is 0 Å². The molecule has 2 heteroatoms. The largest absolute Gasteiger partial charge is 0.0922 e. The first-order chi connectivity index (χ1) is 8.23. The summed E-state index contributed by atoms with van der Waals surface area (Å²) >= 11 is 7.50. The highest BCUT2D eigenvalue weighted by molar-refractivity contribution is 9.10. The second-order valence-corrected chi connectivity index (χ2v) is 7.26. The molecule has 3 atom stereocenters. The molecule has 1 aromatic carbocycles. The lowest BCUT2D eigenvalue weighted by Crippen LogP contribution is -2.32. The highest BCUT2D eigenvalue weighted by atomic mass is 79.9. The summed E-state index contributed by atoms with van der Waals surface area (Å²) in [4.78, 5) is 0. The van der Waals surface area contributed by atoms with Gasteiger partial charge in [-0.1, -0.05) is 56.5 Å². The minimum atomic E-state index is 0.535. The van der Waals surface area contributed by atoms with Crippen LogP contribution in [0.1, 0.15) is 31.2 Å². The maximum absolute atomic E-state index is 3.80. The first kappa shape index (κ1) is 12.2. The van der Waals surface area contributed by atoms with Crippen molar-refractivity contribution >= 4 is 31.9 Å². The summed E-state index contributed by atoms with van der Waals surface area (Å²) in [5.74, 6) is 1.97. The van der Waals surface area contributed by atoms with E-state index in [0.29, 0.717) is 5.41 Å². The zero-order chi connectivity index (χ0) is 11.9. The molecule has 2 aliphatic carbocycles. The Balaban J connectivity index is 1.86. The highest BCUT2D eigenvalue weighted by Crippen LogP contribution is 2.58. The van der Waals surface area contributed by atoms with Crippen LogP contribution in [0.15, 0.2) is 28.7 Å². The Morgan fingerprint density at radius 2 is 2.06 bits per heavy atom. The molecule has 0 radical (unpaired) electrons. The van der Waals surface area contributed by atoms with Crippen molar-refractivity contribution in [1.82, 2.24) is 0 Å². The van der Waals surface area contributed by atoms with E-state index in [9.17, 15) is 0 Å². The van der Waals surface area contributed by atoms with Crippen molar-refractivity contribution in [1.29, 1.82) is 0 Å². The van der Waals surface area contributed by atoms with Gasteiger partial charge in [0.15, 0.2) is 0 Å². The quantitative estimate of drug-likeness (QED) is 0.652. The van der Waals surface area contributed by atoms with Gasteiger partial charge < -0.3 is 0 Å². The number of alkyl halides is 1. The molecule has 3 unspecified atom stereocenters. The fourth-order valence-electron chi connectivity index (χ4n) is 4.01. The smallest absolute Gasteiger partial charge is 0.0207 e. The van der Waals surface area contributed by atoms with Crippen LogP contribution in [0, 0.1) is 17.3 Å². The van der Waals surface area contributed by atoms with Crippen molar-refractivity contribution in [3.05, 3.63) is 34.3 Å². The molecule has 0 aliphatic heterocycles. The van der Waals surface area contributed by atoms with Crippen molar-refractivity contribution < 1.29 is 0 Å². The summed E-state index contributed by atoms with van der Waals surface area (Å²) in [6, 6.07) is 8.72. The molecule has 0 amide bonds. The van der Waals surface area contributed by atoms with E-state index < -0.39 is 0 Å². The van der Waals surface area contributed by atoms with Gasteiger partial charge in [-0.05, 0) is 54.6 Å². The monoisotopic (exact) mass is 356 g/mol. The second-order valence-electron chi connectivity index (χ2n) is 5.84. The highest BCUT2D eigenvalue weighted by Gasteiger charge is 2.50. The van der Waals surface area contributed by atoms with Gasteiger partial charge in [0, 0.05) is 9.80 Å². The number of rotatable bonds is 3. The Morgan fingerprint density at radius 3 is 2.65 bits per heavy atom. The Labute approximate surface area is 120 Å². The van der Waals surface area contributed by atoms with Crippen LogP contribution in [-0.2, 0) is 6.42 Å². The van der Waals surface area contributed by atoms with Crippen molar-refractivity contribution in [3.8, 4) is 0 Å². The maximum atomic E-state index is 3.80. The van der Waals surface area contributed by atoms with Gasteiger partial charge in [-0.3, -0.25) is 0 Å². The molecule has 0 aromatic heterocycles. The fraction of sp³-hybridized carbons (Fsp3) is 0.600. The van der Waals surface area contributed by atoms with E-state index in [-0.39, 0.29) is 0 Å². The molecule has 0 N–H and O–H groups in total. The van der Waals surface area contributed by atoms with E-state index in [1.165, 1.54) is 47.5 Å². The predicted octanol–water partition coefficient (Wildman–Crippen LogP) is 5.19. The van der Waals surface area contributed by atoms with Gasteiger partial charge in [-0.2, -0.15) is 0 Å². The first-order valence-electron chi connectivity index (χ1n) is 6.53. The van der Waals surface area contributed by atoms with Crippen LogP contribution < -0.4 is 0 Å². The Bertz CT molecular complexity index is 415. The van der Waals surface area contributed by atoms with Crippen LogP contribution in [-0.4, -0.2) is 5.33 Å². The Kier molecular flexibility index (Phi) is 3.38. The zero-order valence-corrected chi connectivity index (χ0v) is 13.1. The average Bonchev–Trinajstić information content (AvgIpc) is 2.93. The van der Waals surface area contributed by atoms with Gasteiger partial charge in [-0.25, -0.2) is 0 Å². The van der Waals surface area contributed by atoms with E-state index >= 15 is 0 Å². The van der Waals surface area contributed by atoms with Crippen LogP contribution in [0.4, 0.5) is 0 Å². The summed E-state index contributed by atoms with van der Waals surface area (Å²) in [7, 11) is 0. The molecule has 2 bridgehead atoms. The van der Waals surface area contributed by atoms with Gasteiger partial charge in [0.05, 0.1) is 0 Å². The lowest BCUT2D eigenvalue weighted by atomic mass is 9.71. The van der Waals surface area contributed by atoms with Gasteiger partial charge in [0.1, 0.15) is 0 Å².